The summed E-state index contributed by atoms with van der Waals surface area (Å²) in [5.74, 6) is 0.912. The Balaban J connectivity index is 2.62. The van der Waals surface area contributed by atoms with E-state index in [9.17, 15) is 13.2 Å². The third-order valence-corrected chi connectivity index (χ3v) is 4.81. The van der Waals surface area contributed by atoms with Crippen LogP contribution in [0.1, 0.15) is 35.7 Å². The van der Waals surface area contributed by atoms with Gasteiger partial charge >= 0.3 is 0 Å². The molecular weight excluding hydrogens is 264 g/mol. The van der Waals surface area contributed by atoms with Gasteiger partial charge in [0.2, 0.25) is 0 Å². The van der Waals surface area contributed by atoms with Gasteiger partial charge in [0.1, 0.15) is 15.6 Å². The second-order valence-corrected chi connectivity index (χ2v) is 6.92. The maximum atomic E-state index is 11.9. The molecule has 0 saturated heterocycles. The molecule has 5 heteroatoms. The molecule has 0 aliphatic heterocycles. The van der Waals surface area contributed by atoms with Crippen LogP contribution in [-0.2, 0) is 9.84 Å². The SMILES string of the molecule is CCS(=O)(=O)CCCC(=O)c1ccc(OC)c(C)c1. The van der Waals surface area contributed by atoms with E-state index >= 15 is 0 Å². The van der Waals surface area contributed by atoms with Crippen molar-refractivity contribution in [3.63, 3.8) is 0 Å². The first kappa shape index (κ1) is 15.7. The van der Waals surface area contributed by atoms with Crippen LogP contribution < -0.4 is 4.74 Å². The molecule has 106 valence electrons. The molecule has 0 amide bonds. The Morgan fingerprint density at radius 2 is 2.00 bits per heavy atom. The molecule has 0 saturated carbocycles. The minimum Gasteiger partial charge on any atom is -0.496 e. The zero-order valence-electron chi connectivity index (χ0n) is 11.6. The van der Waals surface area contributed by atoms with Gasteiger partial charge in [0, 0.05) is 17.7 Å². The summed E-state index contributed by atoms with van der Waals surface area (Å²) in [5.41, 5.74) is 1.50. The van der Waals surface area contributed by atoms with Crippen molar-refractivity contribution < 1.29 is 17.9 Å². The van der Waals surface area contributed by atoms with Gasteiger partial charge in [-0.25, -0.2) is 8.42 Å². The monoisotopic (exact) mass is 284 g/mol. The summed E-state index contributed by atoms with van der Waals surface area (Å²) in [6.45, 7) is 3.49. The number of rotatable bonds is 7. The number of sulfone groups is 1. The van der Waals surface area contributed by atoms with Gasteiger partial charge < -0.3 is 4.74 Å². The average Bonchev–Trinajstić information content (AvgIpc) is 2.38. The number of ketones is 1. The first-order chi connectivity index (χ1) is 8.89. The largest absolute Gasteiger partial charge is 0.496 e. The molecule has 0 radical (unpaired) electrons. The fraction of sp³-hybridized carbons (Fsp3) is 0.500. The molecule has 19 heavy (non-hydrogen) atoms. The normalized spacial score (nSPS) is 11.3. The number of aryl methyl sites for hydroxylation is 1. The van der Waals surface area contributed by atoms with Crippen molar-refractivity contribution in [1.29, 1.82) is 0 Å². The van der Waals surface area contributed by atoms with Crippen LogP contribution in [0, 0.1) is 6.92 Å². The highest BCUT2D eigenvalue weighted by Gasteiger charge is 2.11. The predicted molar refractivity (Wildman–Crippen MR) is 75.6 cm³/mol. The topological polar surface area (TPSA) is 60.4 Å². The van der Waals surface area contributed by atoms with E-state index in [-0.39, 0.29) is 23.7 Å². The molecule has 0 aliphatic carbocycles. The van der Waals surface area contributed by atoms with Gasteiger partial charge in [0.25, 0.3) is 0 Å². The van der Waals surface area contributed by atoms with Gasteiger partial charge in [0.05, 0.1) is 12.9 Å². The number of carbonyl (C=O) groups is 1. The standard InChI is InChI=1S/C14H20O4S/c1-4-19(16,17)9-5-6-13(15)12-7-8-14(18-3)11(2)10-12/h7-8,10H,4-6,9H2,1-3H3. The van der Waals surface area contributed by atoms with Gasteiger partial charge in [-0.2, -0.15) is 0 Å². The second-order valence-electron chi connectivity index (χ2n) is 4.45. The van der Waals surface area contributed by atoms with Crippen LogP contribution in [0.2, 0.25) is 0 Å². The summed E-state index contributed by atoms with van der Waals surface area (Å²) in [6, 6.07) is 5.24. The zero-order chi connectivity index (χ0) is 14.5. The Morgan fingerprint density at radius 3 is 2.53 bits per heavy atom. The van der Waals surface area contributed by atoms with Crippen LogP contribution in [0.15, 0.2) is 18.2 Å². The van der Waals surface area contributed by atoms with Crippen molar-refractivity contribution in [2.24, 2.45) is 0 Å². The Labute approximate surface area is 114 Å². The summed E-state index contributed by atoms with van der Waals surface area (Å²) in [7, 11) is -1.41. The lowest BCUT2D eigenvalue weighted by atomic mass is 10.0. The minimum atomic E-state index is -2.99. The predicted octanol–water partition coefficient (Wildman–Crippen LogP) is 2.40. The molecule has 0 heterocycles. The number of methoxy groups -OCH3 is 1. The lowest BCUT2D eigenvalue weighted by Gasteiger charge is -2.07. The van der Waals surface area contributed by atoms with E-state index in [1.807, 2.05) is 6.92 Å². The molecule has 0 aromatic heterocycles. The number of benzene rings is 1. The van der Waals surface area contributed by atoms with Crippen molar-refractivity contribution in [3.05, 3.63) is 29.3 Å². The molecule has 1 aromatic rings. The maximum absolute atomic E-state index is 11.9. The molecule has 0 bridgehead atoms. The summed E-state index contributed by atoms with van der Waals surface area (Å²) in [6.07, 6.45) is 0.630. The van der Waals surface area contributed by atoms with E-state index in [0.717, 1.165) is 11.3 Å². The summed E-state index contributed by atoms with van der Waals surface area (Å²) in [5, 5.41) is 0. The van der Waals surface area contributed by atoms with Gasteiger partial charge in [0.15, 0.2) is 5.78 Å². The summed E-state index contributed by atoms with van der Waals surface area (Å²) < 4.78 is 27.8. The lowest BCUT2D eigenvalue weighted by Crippen LogP contribution is -2.10. The van der Waals surface area contributed by atoms with E-state index in [1.54, 1.807) is 32.2 Å². The van der Waals surface area contributed by atoms with E-state index < -0.39 is 9.84 Å². The lowest BCUT2D eigenvalue weighted by molar-refractivity contribution is 0.0982. The second kappa shape index (κ2) is 6.70. The average molecular weight is 284 g/mol. The van der Waals surface area contributed by atoms with Gasteiger partial charge in [-0.05, 0) is 37.1 Å². The fourth-order valence-electron chi connectivity index (χ4n) is 1.79. The van der Waals surface area contributed by atoms with Gasteiger partial charge in [-0.1, -0.05) is 6.92 Å². The zero-order valence-corrected chi connectivity index (χ0v) is 12.4. The Bertz CT molecular complexity index is 547. The van der Waals surface area contributed by atoms with Gasteiger partial charge in [-0.15, -0.1) is 0 Å². The molecule has 0 unspecified atom stereocenters. The number of hydrogen-bond acceptors (Lipinski definition) is 4. The molecule has 0 N–H and O–H groups in total. The number of ether oxygens (including phenoxy) is 1. The van der Waals surface area contributed by atoms with E-state index in [2.05, 4.69) is 0 Å². The van der Waals surface area contributed by atoms with E-state index in [1.165, 1.54) is 0 Å². The van der Waals surface area contributed by atoms with E-state index in [4.69, 9.17) is 4.74 Å². The third-order valence-electron chi connectivity index (χ3n) is 3.02. The highest BCUT2D eigenvalue weighted by atomic mass is 32.2. The van der Waals surface area contributed by atoms with Crippen molar-refractivity contribution in [3.8, 4) is 5.75 Å². The molecule has 1 rings (SSSR count). The Morgan fingerprint density at radius 1 is 1.32 bits per heavy atom. The third kappa shape index (κ3) is 4.67. The number of carbonyl (C=O) groups excluding carboxylic acids is 1. The molecule has 0 spiro atoms. The fourth-order valence-corrected chi connectivity index (χ4v) is 2.67. The maximum Gasteiger partial charge on any atom is 0.162 e. The van der Waals surface area contributed by atoms with Crippen LogP contribution in [0.5, 0.6) is 5.75 Å². The molecule has 1 aromatic carbocycles. The van der Waals surface area contributed by atoms with Crippen LogP contribution in [0.4, 0.5) is 0 Å². The summed E-state index contributed by atoms with van der Waals surface area (Å²) >= 11 is 0. The molecule has 4 nitrogen and oxygen atoms in total. The number of Topliss-reactive ketones (excluding diaryl/α,β-unsaturated/α-hetero) is 1. The highest BCUT2D eigenvalue weighted by Crippen LogP contribution is 2.19. The first-order valence-corrected chi connectivity index (χ1v) is 8.10. The summed E-state index contributed by atoms with van der Waals surface area (Å²) in [4.78, 5) is 11.9. The highest BCUT2D eigenvalue weighted by molar-refractivity contribution is 7.91. The molecule has 0 fully saturated rings. The van der Waals surface area contributed by atoms with Crippen molar-refractivity contribution in [2.45, 2.75) is 26.7 Å². The van der Waals surface area contributed by atoms with Crippen LogP contribution in [0.25, 0.3) is 0 Å². The van der Waals surface area contributed by atoms with Crippen LogP contribution in [0.3, 0.4) is 0 Å². The van der Waals surface area contributed by atoms with Crippen LogP contribution in [-0.4, -0.2) is 32.8 Å². The molecule has 0 atom stereocenters. The quantitative estimate of drug-likeness (QED) is 0.721. The smallest absolute Gasteiger partial charge is 0.162 e. The van der Waals surface area contributed by atoms with E-state index in [0.29, 0.717) is 12.0 Å². The van der Waals surface area contributed by atoms with Crippen LogP contribution >= 0.6 is 0 Å². The molecular formula is C14H20O4S. The first-order valence-electron chi connectivity index (χ1n) is 6.28. The minimum absolute atomic E-state index is 0.0305. The molecule has 0 aliphatic rings. The Hall–Kier alpha value is -1.36. The van der Waals surface area contributed by atoms with Crippen molar-refractivity contribution in [2.75, 3.05) is 18.6 Å². The Kier molecular flexibility index (Phi) is 5.54. The van der Waals surface area contributed by atoms with Gasteiger partial charge in [-0.3, -0.25) is 4.79 Å². The van der Waals surface area contributed by atoms with Crippen molar-refractivity contribution >= 4 is 15.6 Å². The van der Waals surface area contributed by atoms with Crippen molar-refractivity contribution in [1.82, 2.24) is 0 Å². The number of hydrogen-bond donors (Lipinski definition) is 0.